The summed E-state index contributed by atoms with van der Waals surface area (Å²) in [6.45, 7) is 3.75. The molecule has 0 saturated heterocycles. The van der Waals surface area contributed by atoms with Crippen molar-refractivity contribution in [2.24, 2.45) is 0 Å². The summed E-state index contributed by atoms with van der Waals surface area (Å²) in [7, 11) is -1.88. The highest BCUT2D eigenvalue weighted by Crippen LogP contribution is 2.28. The van der Waals surface area contributed by atoms with Gasteiger partial charge in [-0.05, 0) is 43.9 Å². The number of hydrogen-bond acceptors (Lipinski definition) is 3. The maximum absolute atomic E-state index is 12.5. The SMILES string of the molecule is Cc1ccc(NS(=O)(=O)N(C)C2CCCCC2)c(C)c1N. The Hall–Kier alpha value is -1.27. The molecule has 1 aliphatic rings. The van der Waals surface area contributed by atoms with E-state index < -0.39 is 10.2 Å². The second-order valence-corrected chi connectivity index (χ2v) is 7.61. The van der Waals surface area contributed by atoms with Gasteiger partial charge in [0.15, 0.2) is 0 Å². The average Bonchev–Trinajstić information content (AvgIpc) is 2.48. The average molecular weight is 311 g/mol. The minimum absolute atomic E-state index is 0.0966. The lowest BCUT2D eigenvalue weighted by Crippen LogP contribution is -2.41. The lowest BCUT2D eigenvalue weighted by atomic mass is 9.96. The molecule has 0 atom stereocenters. The van der Waals surface area contributed by atoms with Crippen molar-refractivity contribution in [2.75, 3.05) is 17.5 Å². The number of rotatable bonds is 4. The van der Waals surface area contributed by atoms with Crippen LogP contribution in [0, 0.1) is 13.8 Å². The molecule has 0 aromatic heterocycles. The molecular formula is C15H25N3O2S. The molecule has 118 valence electrons. The lowest BCUT2D eigenvalue weighted by molar-refractivity contribution is 0.287. The predicted octanol–water partition coefficient (Wildman–Crippen LogP) is 2.81. The molecule has 1 fully saturated rings. The van der Waals surface area contributed by atoms with E-state index in [1.54, 1.807) is 13.1 Å². The van der Waals surface area contributed by atoms with Crippen molar-refractivity contribution >= 4 is 21.6 Å². The third kappa shape index (κ3) is 3.49. The topological polar surface area (TPSA) is 75.4 Å². The van der Waals surface area contributed by atoms with Gasteiger partial charge in [0.1, 0.15) is 0 Å². The van der Waals surface area contributed by atoms with E-state index in [1.165, 1.54) is 10.7 Å². The molecular weight excluding hydrogens is 286 g/mol. The molecule has 0 spiro atoms. The summed E-state index contributed by atoms with van der Waals surface area (Å²) in [6, 6.07) is 3.70. The first kappa shape index (κ1) is 16.1. The molecule has 21 heavy (non-hydrogen) atoms. The number of benzene rings is 1. The Kier molecular flexibility index (Phi) is 4.78. The molecule has 0 aliphatic heterocycles. The van der Waals surface area contributed by atoms with Crippen molar-refractivity contribution in [1.29, 1.82) is 0 Å². The molecule has 1 aromatic rings. The molecule has 0 amide bonds. The van der Waals surface area contributed by atoms with Gasteiger partial charge in [-0.1, -0.05) is 25.3 Å². The number of nitrogens with zero attached hydrogens (tertiary/aromatic N) is 1. The lowest BCUT2D eigenvalue weighted by Gasteiger charge is -2.30. The fourth-order valence-electron chi connectivity index (χ4n) is 2.83. The standard InChI is InChI=1S/C15H25N3O2S/c1-11-9-10-14(12(2)15(11)16)17-21(19,20)18(3)13-7-5-4-6-8-13/h9-10,13,17H,4-8,16H2,1-3H3. The highest BCUT2D eigenvalue weighted by Gasteiger charge is 2.28. The highest BCUT2D eigenvalue weighted by molar-refractivity contribution is 7.90. The molecule has 6 heteroatoms. The minimum atomic E-state index is -3.54. The van der Waals surface area contributed by atoms with Crippen molar-refractivity contribution in [3.8, 4) is 0 Å². The van der Waals surface area contributed by atoms with Crippen molar-refractivity contribution < 1.29 is 8.42 Å². The summed E-state index contributed by atoms with van der Waals surface area (Å²) in [4.78, 5) is 0. The van der Waals surface area contributed by atoms with Crippen LogP contribution in [0.1, 0.15) is 43.2 Å². The largest absolute Gasteiger partial charge is 0.398 e. The molecule has 1 saturated carbocycles. The molecule has 0 radical (unpaired) electrons. The Morgan fingerprint density at radius 1 is 1.19 bits per heavy atom. The zero-order chi connectivity index (χ0) is 15.6. The molecule has 3 N–H and O–H groups in total. The number of nitrogens with one attached hydrogen (secondary N) is 1. The van der Waals surface area contributed by atoms with Gasteiger partial charge >= 0.3 is 10.2 Å². The van der Waals surface area contributed by atoms with Gasteiger partial charge in [-0.3, -0.25) is 4.72 Å². The van der Waals surface area contributed by atoms with Crippen molar-refractivity contribution in [3.63, 3.8) is 0 Å². The van der Waals surface area contributed by atoms with Gasteiger partial charge in [0.2, 0.25) is 0 Å². The van der Waals surface area contributed by atoms with Gasteiger partial charge in [0, 0.05) is 18.8 Å². The first-order valence-corrected chi connectivity index (χ1v) is 8.88. The van der Waals surface area contributed by atoms with Crippen LogP contribution in [0.15, 0.2) is 12.1 Å². The van der Waals surface area contributed by atoms with Crippen LogP contribution in [0.25, 0.3) is 0 Å². The minimum Gasteiger partial charge on any atom is -0.398 e. The number of nitrogen functional groups attached to an aromatic ring is 1. The second-order valence-electron chi connectivity index (χ2n) is 5.88. The van der Waals surface area contributed by atoms with Crippen molar-refractivity contribution in [1.82, 2.24) is 4.31 Å². The van der Waals surface area contributed by atoms with Gasteiger partial charge in [-0.25, -0.2) is 0 Å². The first-order valence-electron chi connectivity index (χ1n) is 7.44. The van der Waals surface area contributed by atoms with E-state index in [0.717, 1.165) is 36.8 Å². The third-order valence-electron chi connectivity index (χ3n) is 4.44. The summed E-state index contributed by atoms with van der Waals surface area (Å²) in [5.41, 5.74) is 8.89. The molecule has 2 rings (SSSR count). The van der Waals surface area contributed by atoms with Crippen molar-refractivity contribution in [3.05, 3.63) is 23.3 Å². The summed E-state index contributed by atoms with van der Waals surface area (Å²) in [5.74, 6) is 0. The summed E-state index contributed by atoms with van der Waals surface area (Å²) in [5, 5.41) is 0. The van der Waals surface area contributed by atoms with Gasteiger partial charge < -0.3 is 5.73 Å². The third-order valence-corrected chi connectivity index (χ3v) is 5.97. The summed E-state index contributed by atoms with van der Waals surface area (Å²) < 4.78 is 29.2. The van der Waals surface area contributed by atoms with E-state index in [9.17, 15) is 8.42 Å². The van der Waals surface area contributed by atoms with E-state index in [1.807, 2.05) is 19.9 Å². The predicted molar refractivity (Wildman–Crippen MR) is 87.5 cm³/mol. The maximum atomic E-state index is 12.5. The Bertz CT molecular complexity index is 608. The van der Waals surface area contributed by atoms with E-state index in [2.05, 4.69) is 4.72 Å². The molecule has 5 nitrogen and oxygen atoms in total. The summed E-state index contributed by atoms with van der Waals surface area (Å²) >= 11 is 0. The quantitative estimate of drug-likeness (QED) is 0.840. The maximum Gasteiger partial charge on any atom is 0.301 e. The van der Waals surface area contributed by atoms with E-state index >= 15 is 0 Å². The van der Waals surface area contributed by atoms with Crippen LogP contribution in [0.4, 0.5) is 11.4 Å². The van der Waals surface area contributed by atoms with Crippen LogP contribution in [0.2, 0.25) is 0 Å². The molecule has 1 aromatic carbocycles. The van der Waals surface area contributed by atoms with Crippen LogP contribution in [0.3, 0.4) is 0 Å². The highest BCUT2D eigenvalue weighted by atomic mass is 32.2. The first-order chi connectivity index (χ1) is 9.83. The van der Waals surface area contributed by atoms with Crippen LogP contribution in [-0.2, 0) is 10.2 Å². The van der Waals surface area contributed by atoms with Gasteiger partial charge in [0.05, 0.1) is 5.69 Å². The van der Waals surface area contributed by atoms with Crippen LogP contribution < -0.4 is 10.5 Å². The van der Waals surface area contributed by atoms with E-state index in [0.29, 0.717) is 11.4 Å². The van der Waals surface area contributed by atoms with Crippen molar-refractivity contribution in [2.45, 2.75) is 52.0 Å². The van der Waals surface area contributed by atoms with Crippen LogP contribution in [-0.4, -0.2) is 25.8 Å². The van der Waals surface area contributed by atoms with Gasteiger partial charge in [-0.15, -0.1) is 0 Å². The van der Waals surface area contributed by atoms with Gasteiger partial charge in [0.25, 0.3) is 0 Å². The van der Waals surface area contributed by atoms with E-state index in [4.69, 9.17) is 5.73 Å². The van der Waals surface area contributed by atoms with Crippen LogP contribution in [0.5, 0.6) is 0 Å². The zero-order valence-corrected chi connectivity index (χ0v) is 13.8. The number of aryl methyl sites for hydroxylation is 1. The van der Waals surface area contributed by atoms with E-state index in [-0.39, 0.29) is 6.04 Å². The Labute approximate surface area is 127 Å². The fraction of sp³-hybridized carbons (Fsp3) is 0.600. The second kappa shape index (κ2) is 6.23. The number of hydrogen-bond donors (Lipinski definition) is 2. The smallest absolute Gasteiger partial charge is 0.301 e. The Morgan fingerprint density at radius 2 is 1.81 bits per heavy atom. The number of nitrogens with two attached hydrogens (primary N) is 1. The van der Waals surface area contributed by atoms with Gasteiger partial charge in [-0.2, -0.15) is 12.7 Å². The fourth-order valence-corrected chi connectivity index (χ4v) is 4.07. The zero-order valence-electron chi connectivity index (χ0n) is 13.0. The Morgan fingerprint density at radius 3 is 2.43 bits per heavy atom. The van der Waals surface area contributed by atoms with Crippen LogP contribution >= 0.6 is 0 Å². The monoisotopic (exact) mass is 311 g/mol. The molecule has 0 heterocycles. The molecule has 0 bridgehead atoms. The molecule has 1 aliphatic carbocycles. The normalized spacial score (nSPS) is 17.1. The summed E-state index contributed by atoms with van der Waals surface area (Å²) in [6.07, 6.45) is 5.27. The Balaban J connectivity index is 2.19. The number of anilines is 2. The molecule has 0 unspecified atom stereocenters.